The van der Waals surface area contributed by atoms with Crippen LogP contribution in [0.15, 0.2) is 30.3 Å². The first-order chi connectivity index (χ1) is 8.74. The molecular weight excluding hydrogens is 222 g/mol. The quantitative estimate of drug-likeness (QED) is 0.881. The summed E-state index contributed by atoms with van der Waals surface area (Å²) in [4.78, 5) is 2.37. The van der Waals surface area contributed by atoms with Gasteiger partial charge in [-0.2, -0.15) is 0 Å². The minimum Gasteiger partial charge on any atom is -0.392 e. The molecule has 0 heterocycles. The largest absolute Gasteiger partial charge is 0.392 e. The first kappa shape index (κ1) is 12.2. The second kappa shape index (κ2) is 5.02. The molecule has 0 spiro atoms. The molecule has 3 rings (SSSR count). The number of rotatable bonds is 4. The maximum Gasteiger partial charge on any atom is 0.0611 e. The number of aliphatic hydroxyl groups is 1. The van der Waals surface area contributed by atoms with Gasteiger partial charge in [0.2, 0.25) is 0 Å². The lowest BCUT2D eigenvalue weighted by Crippen LogP contribution is -2.36. The molecule has 0 unspecified atom stereocenters. The van der Waals surface area contributed by atoms with Crippen molar-refractivity contribution in [3.8, 4) is 0 Å². The molecule has 1 aromatic carbocycles. The van der Waals surface area contributed by atoms with Crippen molar-refractivity contribution < 1.29 is 5.11 Å². The second-order valence-corrected chi connectivity index (χ2v) is 6.17. The Hall–Kier alpha value is -0.860. The zero-order valence-electron chi connectivity index (χ0n) is 11.1. The molecule has 98 valence electrons. The van der Waals surface area contributed by atoms with E-state index in [1.165, 1.54) is 24.8 Å². The van der Waals surface area contributed by atoms with Crippen LogP contribution in [0.3, 0.4) is 0 Å². The van der Waals surface area contributed by atoms with E-state index in [1.807, 2.05) is 0 Å². The topological polar surface area (TPSA) is 23.5 Å². The highest BCUT2D eigenvalue weighted by Crippen LogP contribution is 2.48. The third-order valence-electron chi connectivity index (χ3n) is 4.86. The summed E-state index contributed by atoms with van der Waals surface area (Å²) in [7, 11) is 2.17. The number of benzene rings is 1. The van der Waals surface area contributed by atoms with Gasteiger partial charge in [-0.25, -0.2) is 0 Å². The van der Waals surface area contributed by atoms with Crippen LogP contribution in [0.25, 0.3) is 0 Å². The van der Waals surface area contributed by atoms with Crippen LogP contribution < -0.4 is 0 Å². The molecule has 1 aromatic rings. The molecule has 2 aliphatic carbocycles. The first-order valence-electron chi connectivity index (χ1n) is 7.14. The maximum atomic E-state index is 10.3. The Labute approximate surface area is 110 Å². The summed E-state index contributed by atoms with van der Waals surface area (Å²) in [5, 5.41) is 10.3. The summed E-state index contributed by atoms with van der Waals surface area (Å²) in [6.07, 6.45) is 3.82. The fourth-order valence-electron chi connectivity index (χ4n) is 3.96. The fraction of sp³-hybridized carbons (Fsp3) is 0.625. The van der Waals surface area contributed by atoms with Gasteiger partial charge in [0.15, 0.2) is 0 Å². The SMILES string of the molecule is CN(Cc1ccccc1)C[C@H]1[C@H]2CC[C@@H](C2)[C@H]1O. The van der Waals surface area contributed by atoms with E-state index in [4.69, 9.17) is 0 Å². The van der Waals surface area contributed by atoms with Crippen molar-refractivity contribution in [1.29, 1.82) is 0 Å². The van der Waals surface area contributed by atoms with Crippen molar-refractivity contribution in [2.75, 3.05) is 13.6 Å². The first-order valence-corrected chi connectivity index (χ1v) is 7.14. The predicted molar refractivity (Wildman–Crippen MR) is 73.1 cm³/mol. The number of aliphatic hydroxyl groups excluding tert-OH is 1. The van der Waals surface area contributed by atoms with Crippen LogP contribution in [0.5, 0.6) is 0 Å². The van der Waals surface area contributed by atoms with E-state index in [0.717, 1.165) is 19.0 Å². The van der Waals surface area contributed by atoms with Gasteiger partial charge >= 0.3 is 0 Å². The van der Waals surface area contributed by atoms with Crippen LogP contribution in [-0.4, -0.2) is 29.7 Å². The van der Waals surface area contributed by atoms with Crippen LogP contribution in [0.2, 0.25) is 0 Å². The van der Waals surface area contributed by atoms with Crippen molar-refractivity contribution in [1.82, 2.24) is 4.90 Å². The summed E-state index contributed by atoms with van der Waals surface area (Å²) in [6.45, 7) is 2.03. The van der Waals surface area contributed by atoms with Gasteiger partial charge in [0.05, 0.1) is 6.10 Å². The molecule has 0 radical (unpaired) electrons. The molecule has 1 N–H and O–H groups in total. The smallest absolute Gasteiger partial charge is 0.0611 e. The van der Waals surface area contributed by atoms with E-state index in [-0.39, 0.29) is 6.10 Å². The van der Waals surface area contributed by atoms with Gasteiger partial charge in [-0.05, 0) is 43.7 Å². The van der Waals surface area contributed by atoms with E-state index in [2.05, 4.69) is 42.3 Å². The van der Waals surface area contributed by atoms with E-state index in [0.29, 0.717) is 11.8 Å². The van der Waals surface area contributed by atoms with E-state index in [9.17, 15) is 5.11 Å². The Morgan fingerprint density at radius 2 is 1.89 bits per heavy atom. The number of nitrogens with zero attached hydrogens (tertiary/aromatic N) is 1. The van der Waals surface area contributed by atoms with Crippen molar-refractivity contribution >= 4 is 0 Å². The van der Waals surface area contributed by atoms with E-state index < -0.39 is 0 Å². The molecular formula is C16H23NO. The van der Waals surface area contributed by atoms with Crippen LogP contribution in [0.4, 0.5) is 0 Å². The molecule has 2 nitrogen and oxygen atoms in total. The summed E-state index contributed by atoms with van der Waals surface area (Å²) in [5.41, 5.74) is 1.36. The molecule has 2 fully saturated rings. The standard InChI is InChI=1S/C16H23NO/c1-17(10-12-5-3-2-4-6-12)11-15-13-7-8-14(9-13)16(15)18/h2-6,13-16,18H,7-11H2,1H3/t13-,14-,15-,16+/m0/s1. The van der Waals surface area contributed by atoms with Gasteiger partial charge in [-0.3, -0.25) is 0 Å². The van der Waals surface area contributed by atoms with E-state index in [1.54, 1.807) is 0 Å². The highest BCUT2D eigenvalue weighted by molar-refractivity contribution is 5.14. The monoisotopic (exact) mass is 245 g/mol. The lowest BCUT2D eigenvalue weighted by atomic mass is 9.86. The molecule has 2 bridgehead atoms. The molecule has 4 atom stereocenters. The Kier molecular flexibility index (Phi) is 3.40. The highest BCUT2D eigenvalue weighted by atomic mass is 16.3. The molecule has 18 heavy (non-hydrogen) atoms. The van der Waals surface area contributed by atoms with Crippen LogP contribution in [0, 0.1) is 17.8 Å². The van der Waals surface area contributed by atoms with Gasteiger partial charge < -0.3 is 10.0 Å². The Morgan fingerprint density at radius 1 is 1.17 bits per heavy atom. The fourth-order valence-corrected chi connectivity index (χ4v) is 3.96. The zero-order chi connectivity index (χ0) is 12.5. The molecule has 0 aromatic heterocycles. The molecule has 0 aliphatic heterocycles. The molecule has 0 amide bonds. The van der Waals surface area contributed by atoms with Crippen molar-refractivity contribution in [3.63, 3.8) is 0 Å². The summed E-state index contributed by atoms with van der Waals surface area (Å²) in [6, 6.07) is 10.6. The number of hydrogen-bond donors (Lipinski definition) is 1. The Morgan fingerprint density at radius 3 is 2.56 bits per heavy atom. The van der Waals surface area contributed by atoms with Crippen LogP contribution in [0.1, 0.15) is 24.8 Å². The second-order valence-electron chi connectivity index (χ2n) is 6.17. The molecule has 2 heteroatoms. The number of fused-ring (bicyclic) bond motifs is 2. The van der Waals surface area contributed by atoms with Crippen molar-refractivity contribution in [2.45, 2.75) is 31.9 Å². The average molecular weight is 245 g/mol. The van der Waals surface area contributed by atoms with Crippen molar-refractivity contribution in [3.05, 3.63) is 35.9 Å². The summed E-state index contributed by atoms with van der Waals surface area (Å²) >= 11 is 0. The van der Waals surface area contributed by atoms with E-state index >= 15 is 0 Å². The molecule has 2 saturated carbocycles. The third-order valence-corrected chi connectivity index (χ3v) is 4.86. The van der Waals surface area contributed by atoms with Gasteiger partial charge in [-0.15, -0.1) is 0 Å². The lowest BCUT2D eigenvalue weighted by molar-refractivity contribution is 0.0410. The third kappa shape index (κ3) is 2.32. The Bertz CT molecular complexity index is 389. The van der Waals surface area contributed by atoms with Crippen molar-refractivity contribution in [2.24, 2.45) is 17.8 Å². The Balaban J connectivity index is 1.57. The molecule has 0 saturated heterocycles. The normalized spacial score (nSPS) is 34.4. The summed E-state index contributed by atoms with van der Waals surface area (Å²) in [5.74, 6) is 1.89. The average Bonchev–Trinajstić information content (AvgIpc) is 2.94. The number of hydrogen-bond acceptors (Lipinski definition) is 2. The maximum absolute atomic E-state index is 10.3. The van der Waals surface area contributed by atoms with Crippen LogP contribution >= 0.6 is 0 Å². The lowest BCUT2D eigenvalue weighted by Gasteiger charge is -2.31. The molecule has 2 aliphatic rings. The minimum absolute atomic E-state index is 0.0398. The minimum atomic E-state index is -0.0398. The van der Waals surface area contributed by atoms with Gasteiger partial charge in [0.1, 0.15) is 0 Å². The zero-order valence-corrected chi connectivity index (χ0v) is 11.1. The highest BCUT2D eigenvalue weighted by Gasteiger charge is 2.46. The van der Waals surface area contributed by atoms with Crippen LogP contribution in [-0.2, 0) is 6.54 Å². The van der Waals surface area contributed by atoms with Gasteiger partial charge in [-0.1, -0.05) is 30.3 Å². The van der Waals surface area contributed by atoms with Gasteiger partial charge in [0, 0.05) is 19.0 Å². The summed E-state index contributed by atoms with van der Waals surface area (Å²) < 4.78 is 0. The van der Waals surface area contributed by atoms with Gasteiger partial charge in [0.25, 0.3) is 0 Å². The predicted octanol–water partition coefficient (Wildman–Crippen LogP) is 2.53.